The molecule has 0 bridgehead atoms. The van der Waals surface area contributed by atoms with Crippen LogP contribution in [0.4, 0.5) is 0 Å². The molecule has 0 aliphatic rings. The molecule has 0 spiro atoms. The number of nitrogens with one attached hydrogen (secondary N) is 1. The van der Waals surface area contributed by atoms with Crippen LogP contribution in [0.1, 0.15) is 40.0 Å². The maximum Gasteiger partial charge on any atom is 0.272 e. The number of nitrogens with zero attached hydrogens (tertiary/aromatic N) is 3. The van der Waals surface area contributed by atoms with Gasteiger partial charge in [-0.05, 0) is 51.0 Å². The summed E-state index contributed by atoms with van der Waals surface area (Å²) in [6, 6.07) is 15.9. The third kappa shape index (κ3) is 4.49. The number of benzene rings is 2. The number of rotatable bonds is 6. The Morgan fingerprint density at radius 2 is 1.90 bits per heavy atom. The summed E-state index contributed by atoms with van der Waals surface area (Å²) in [6.07, 6.45) is 1.02. The second-order valence-corrected chi connectivity index (χ2v) is 7.48. The maximum atomic E-state index is 12.8. The molecule has 0 saturated heterocycles. The fraction of sp³-hybridized carbons (Fsp3) is 0.261. The average molecular weight is 407 g/mol. The van der Waals surface area contributed by atoms with E-state index in [-0.39, 0.29) is 5.91 Å². The highest BCUT2D eigenvalue weighted by Gasteiger charge is 2.22. The Bertz CT molecular complexity index is 1080. The molecule has 148 valence electrons. The molecule has 3 rings (SSSR count). The zero-order valence-electron chi connectivity index (χ0n) is 16.8. The summed E-state index contributed by atoms with van der Waals surface area (Å²) in [5.74, 6) is -0.237. The van der Waals surface area contributed by atoms with Crippen LogP contribution in [-0.4, -0.2) is 22.2 Å². The normalized spacial score (nSPS) is 10.6. The zero-order chi connectivity index (χ0) is 21.0. The summed E-state index contributed by atoms with van der Waals surface area (Å²) < 4.78 is 1.82. The Morgan fingerprint density at radius 1 is 1.17 bits per heavy atom. The lowest BCUT2D eigenvalue weighted by atomic mass is 10.0. The Balaban J connectivity index is 2.09. The van der Waals surface area contributed by atoms with Gasteiger partial charge >= 0.3 is 0 Å². The first-order valence-electron chi connectivity index (χ1n) is 9.50. The first-order valence-corrected chi connectivity index (χ1v) is 9.88. The first kappa shape index (κ1) is 20.6. The van der Waals surface area contributed by atoms with Crippen molar-refractivity contribution in [3.8, 4) is 23.0 Å². The van der Waals surface area contributed by atoms with Gasteiger partial charge in [-0.1, -0.05) is 41.4 Å². The summed E-state index contributed by atoms with van der Waals surface area (Å²) in [5.41, 5.74) is 6.05. The zero-order valence-corrected chi connectivity index (χ0v) is 17.5. The standard InChI is InChI=1S/C23H23ClN4O/c1-15-6-8-18(9-7-15)22-17(3)21(23(29)26-13-5-4-12-25)27-28(22)20-11-10-19(24)14-16(20)2/h6-11,14H,4-5,13H2,1-3H3,(H,26,29). The summed E-state index contributed by atoms with van der Waals surface area (Å²) in [7, 11) is 0. The van der Waals surface area contributed by atoms with Crippen molar-refractivity contribution in [1.29, 1.82) is 5.26 Å². The lowest BCUT2D eigenvalue weighted by molar-refractivity contribution is 0.0947. The first-order chi connectivity index (χ1) is 13.9. The van der Waals surface area contributed by atoms with Crippen molar-refractivity contribution in [2.24, 2.45) is 0 Å². The maximum absolute atomic E-state index is 12.8. The third-order valence-electron chi connectivity index (χ3n) is 4.80. The molecule has 0 radical (unpaired) electrons. The highest BCUT2D eigenvalue weighted by Crippen LogP contribution is 2.31. The van der Waals surface area contributed by atoms with Gasteiger partial charge in [-0.15, -0.1) is 0 Å². The van der Waals surface area contributed by atoms with Gasteiger partial charge in [-0.25, -0.2) is 4.68 Å². The minimum absolute atomic E-state index is 0.237. The van der Waals surface area contributed by atoms with E-state index in [0.29, 0.717) is 30.1 Å². The molecule has 1 heterocycles. The number of carbonyl (C=O) groups excluding carboxylic acids is 1. The number of hydrogen-bond acceptors (Lipinski definition) is 3. The molecule has 3 aromatic rings. The number of nitriles is 1. The van der Waals surface area contributed by atoms with E-state index in [0.717, 1.165) is 33.6 Å². The molecule has 0 atom stereocenters. The van der Waals surface area contributed by atoms with Crippen molar-refractivity contribution < 1.29 is 4.79 Å². The Kier molecular flexibility index (Phi) is 6.36. The molecule has 6 heteroatoms. The second kappa shape index (κ2) is 8.93. The van der Waals surface area contributed by atoms with Crippen molar-refractivity contribution in [1.82, 2.24) is 15.1 Å². The fourth-order valence-electron chi connectivity index (χ4n) is 3.25. The van der Waals surface area contributed by atoms with Gasteiger partial charge in [0.15, 0.2) is 5.69 Å². The van der Waals surface area contributed by atoms with Crippen LogP contribution in [0.5, 0.6) is 0 Å². The topological polar surface area (TPSA) is 70.7 Å². The number of aryl methyl sites for hydroxylation is 2. The molecule has 2 aromatic carbocycles. The summed E-state index contributed by atoms with van der Waals surface area (Å²) >= 11 is 6.13. The predicted octanol–water partition coefficient (Wildman–Crippen LogP) is 5.15. The molecule has 1 N–H and O–H groups in total. The van der Waals surface area contributed by atoms with E-state index in [1.807, 2.05) is 67.9 Å². The predicted molar refractivity (Wildman–Crippen MR) is 115 cm³/mol. The van der Waals surface area contributed by atoms with Crippen LogP contribution in [0.15, 0.2) is 42.5 Å². The molecule has 0 unspecified atom stereocenters. The van der Waals surface area contributed by atoms with Gasteiger partial charge < -0.3 is 5.32 Å². The van der Waals surface area contributed by atoms with Crippen LogP contribution in [-0.2, 0) is 0 Å². The summed E-state index contributed by atoms with van der Waals surface area (Å²) in [4.78, 5) is 12.8. The van der Waals surface area contributed by atoms with Crippen molar-refractivity contribution in [3.63, 3.8) is 0 Å². The summed E-state index contributed by atoms with van der Waals surface area (Å²) in [6.45, 7) is 6.36. The molecule has 0 aliphatic heterocycles. The quantitative estimate of drug-likeness (QED) is 0.575. The van der Waals surface area contributed by atoms with Crippen molar-refractivity contribution in [3.05, 3.63) is 69.9 Å². The van der Waals surface area contributed by atoms with Crippen molar-refractivity contribution in [2.75, 3.05) is 6.54 Å². The van der Waals surface area contributed by atoms with Gasteiger partial charge in [0.2, 0.25) is 0 Å². The van der Waals surface area contributed by atoms with E-state index in [9.17, 15) is 4.79 Å². The van der Waals surface area contributed by atoms with Gasteiger partial charge in [0.05, 0.1) is 17.5 Å². The van der Waals surface area contributed by atoms with E-state index in [2.05, 4.69) is 16.5 Å². The largest absolute Gasteiger partial charge is 0.351 e. The molecule has 1 aromatic heterocycles. The lowest BCUT2D eigenvalue weighted by Crippen LogP contribution is -2.25. The van der Waals surface area contributed by atoms with Crippen LogP contribution < -0.4 is 5.32 Å². The Morgan fingerprint density at radius 3 is 2.55 bits per heavy atom. The summed E-state index contributed by atoms with van der Waals surface area (Å²) in [5, 5.41) is 16.8. The van der Waals surface area contributed by atoms with Gasteiger partial charge in [0, 0.05) is 29.1 Å². The second-order valence-electron chi connectivity index (χ2n) is 7.05. The number of hydrogen-bond donors (Lipinski definition) is 1. The minimum atomic E-state index is -0.237. The number of unbranched alkanes of at least 4 members (excludes halogenated alkanes) is 1. The van der Waals surface area contributed by atoms with Crippen LogP contribution >= 0.6 is 11.6 Å². The number of carbonyl (C=O) groups is 1. The van der Waals surface area contributed by atoms with Crippen LogP contribution in [0.2, 0.25) is 5.02 Å². The highest BCUT2D eigenvalue weighted by atomic mass is 35.5. The van der Waals surface area contributed by atoms with Crippen molar-refractivity contribution in [2.45, 2.75) is 33.6 Å². The molecular weight excluding hydrogens is 384 g/mol. The Hall–Kier alpha value is -3.10. The Labute approximate surface area is 175 Å². The molecule has 5 nitrogen and oxygen atoms in total. The van der Waals surface area contributed by atoms with Gasteiger partial charge in [-0.3, -0.25) is 4.79 Å². The minimum Gasteiger partial charge on any atom is -0.351 e. The number of amides is 1. The smallest absolute Gasteiger partial charge is 0.272 e. The van der Waals surface area contributed by atoms with E-state index in [1.54, 1.807) is 0 Å². The van der Waals surface area contributed by atoms with Gasteiger partial charge in [0.1, 0.15) is 0 Å². The van der Waals surface area contributed by atoms with E-state index < -0.39 is 0 Å². The SMILES string of the molecule is Cc1ccc(-c2c(C)c(C(=O)NCCCC#N)nn2-c2ccc(Cl)cc2C)cc1. The molecular formula is C23H23ClN4O. The molecule has 0 fully saturated rings. The van der Waals surface area contributed by atoms with Crippen LogP contribution in [0.3, 0.4) is 0 Å². The molecule has 0 aliphatic carbocycles. The van der Waals surface area contributed by atoms with Crippen molar-refractivity contribution >= 4 is 17.5 Å². The number of aromatic nitrogens is 2. The molecule has 1 amide bonds. The fourth-order valence-corrected chi connectivity index (χ4v) is 3.47. The van der Waals surface area contributed by atoms with E-state index in [4.69, 9.17) is 16.9 Å². The lowest BCUT2D eigenvalue weighted by Gasteiger charge is -2.12. The highest BCUT2D eigenvalue weighted by molar-refractivity contribution is 6.30. The van der Waals surface area contributed by atoms with Gasteiger partial charge in [-0.2, -0.15) is 10.4 Å². The van der Waals surface area contributed by atoms with Gasteiger partial charge in [0.25, 0.3) is 5.91 Å². The van der Waals surface area contributed by atoms with E-state index >= 15 is 0 Å². The van der Waals surface area contributed by atoms with E-state index in [1.165, 1.54) is 0 Å². The average Bonchev–Trinajstić information content (AvgIpc) is 3.03. The molecule has 0 saturated carbocycles. The van der Waals surface area contributed by atoms with Crippen LogP contribution in [0, 0.1) is 32.1 Å². The third-order valence-corrected chi connectivity index (χ3v) is 5.04. The van der Waals surface area contributed by atoms with Crippen LogP contribution in [0.25, 0.3) is 16.9 Å². The molecule has 29 heavy (non-hydrogen) atoms. The monoisotopic (exact) mass is 406 g/mol. The number of halogens is 1.